The topological polar surface area (TPSA) is 78.5 Å². The van der Waals surface area contributed by atoms with Crippen molar-refractivity contribution >= 4 is 45.0 Å². The molecular weight excluding hydrogens is 434 g/mol. The molecule has 2 aromatic rings. The van der Waals surface area contributed by atoms with Crippen molar-refractivity contribution in [2.24, 2.45) is 5.92 Å². The molecule has 1 heterocycles. The van der Waals surface area contributed by atoms with Crippen LogP contribution in [0.2, 0.25) is 0 Å². The summed E-state index contributed by atoms with van der Waals surface area (Å²) in [5.74, 6) is -0.686. The molecule has 1 aliphatic heterocycles. The summed E-state index contributed by atoms with van der Waals surface area (Å²) < 4.78 is 0.881. The van der Waals surface area contributed by atoms with Crippen LogP contribution in [-0.2, 0) is 9.59 Å². The summed E-state index contributed by atoms with van der Waals surface area (Å²) in [7, 11) is 0. The molecule has 2 N–H and O–H groups in total. The number of unbranched alkanes of at least 4 members (excludes halogenated alkanes) is 1. The number of likely N-dealkylation sites (tertiary alicyclic amines) is 1. The molecule has 1 saturated heterocycles. The van der Waals surface area contributed by atoms with Crippen molar-refractivity contribution in [3.8, 4) is 0 Å². The second-order valence-corrected chi connectivity index (χ2v) is 8.04. The van der Waals surface area contributed by atoms with Crippen molar-refractivity contribution in [1.29, 1.82) is 0 Å². The summed E-state index contributed by atoms with van der Waals surface area (Å²) >= 11 is 3.37. The van der Waals surface area contributed by atoms with Crippen LogP contribution in [-0.4, -0.2) is 35.7 Å². The number of carbonyl (C=O) groups excluding carboxylic acids is 3. The van der Waals surface area contributed by atoms with Crippen LogP contribution in [0, 0.1) is 5.92 Å². The Hall–Kier alpha value is -2.67. The Balaban J connectivity index is 1.55. The highest BCUT2D eigenvalue weighted by atomic mass is 79.9. The van der Waals surface area contributed by atoms with E-state index in [9.17, 15) is 14.4 Å². The summed E-state index contributed by atoms with van der Waals surface area (Å²) in [5, 5.41) is 5.68. The van der Waals surface area contributed by atoms with Gasteiger partial charge in [0.15, 0.2) is 0 Å². The maximum Gasteiger partial charge on any atom is 0.255 e. The van der Waals surface area contributed by atoms with Crippen molar-refractivity contribution in [3.63, 3.8) is 0 Å². The third kappa shape index (κ3) is 5.67. The Labute approximate surface area is 178 Å². The minimum Gasteiger partial charge on any atom is -0.342 e. The lowest BCUT2D eigenvalue weighted by molar-refractivity contribution is -0.128. The molecule has 0 saturated carbocycles. The standard InChI is InChI=1S/C22H24BrN3O3/c1-2-3-11-26-14-16(12-20(26)27)22(29)24-18-9-7-15(8-10-18)21(28)25-19-6-4-5-17(23)13-19/h4-10,13,16H,2-3,11-12,14H2,1H3,(H,24,29)(H,25,28)/t16-/m1/s1. The van der Waals surface area contributed by atoms with Gasteiger partial charge < -0.3 is 15.5 Å². The van der Waals surface area contributed by atoms with Gasteiger partial charge in [-0.2, -0.15) is 0 Å². The first-order valence-electron chi connectivity index (χ1n) is 9.72. The molecule has 3 amide bonds. The fraction of sp³-hybridized carbons (Fsp3) is 0.318. The highest BCUT2D eigenvalue weighted by molar-refractivity contribution is 9.10. The molecule has 2 aromatic carbocycles. The number of carbonyl (C=O) groups is 3. The fourth-order valence-electron chi connectivity index (χ4n) is 3.23. The number of amides is 3. The van der Waals surface area contributed by atoms with Gasteiger partial charge >= 0.3 is 0 Å². The predicted molar refractivity (Wildman–Crippen MR) is 117 cm³/mol. The van der Waals surface area contributed by atoms with E-state index >= 15 is 0 Å². The molecule has 6 nitrogen and oxygen atoms in total. The first-order valence-corrected chi connectivity index (χ1v) is 10.5. The summed E-state index contributed by atoms with van der Waals surface area (Å²) in [5.41, 5.74) is 1.79. The summed E-state index contributed by atoms with van der Waals surface area (Å²) in [4.78, 5) is 38.7. The highest BCUT2D eigenvalue weighted by Crippen LogP contribution is 2.21. The Bertz CT molecular complexity index is 898. The molecule has 0 bridgehead atoms. The molecule has 1 aliphatic rings. The van der Waals surface area contributed by atoms with E-state index in [1.165, 1.54) is 0 Å². The van der Waals surface area contributed by atoms with Crippen molar-refractivity contribution in [1.82, 2.24) is 4.90 Å². The molecule has 0 radical (unpaired) electrons. The van der Waals surface area contributed by atoms with E-state index in [0.717, 1.165) is 17.3 Å². The Morgan fingerprint density at radius 1 is 1.10 bits per heavy atom. The van der Waals surface area contributed by atoms with Gasteiger partial charge in [0.1, 0.15) is 0 Å². The molecule has 0 aliphatic carbocycles. The second-order valence-electron chi connectivity index (χ2n) is 7.13. The summed E-state index contributed by atoms with van der Waals surface area (Å²) in [6.07, 6.45) is 2.22. The first-order chi connectivity index (χ1) is 14.0. The molecular formula is C22H24BrN3O3. The van der Waals surface area contributed by atoms with Crippen molar-refractivity contribution in [3.05, 3.63) is 58.6 Å². The lowest BCUT2D eigenvalue weighted by Gasteiger charge is -2.16. The zero-order valence-electron chi connectivity index (χ0n) is 16.3. The fourth-order valence-corrected chi connectivity index (χ4v) is 3.63. The third-order valence-electron chi connectivity index (χ3n) is 4.86. The van der Waals surface area contributed by atoms with E-state index in [4.69, 9.17) is 0 Å². The predicted octanol–water partition coefficient (Wildman–Crippen LogP) is 4.29. The summed E-state index contributed by atoms with van der Waals surface area (Å²) in [6, 6.07) is 14.1. The van der Waals surface area contributed by atoms with Gasteiger partial charge in [0.2, 0.25) is 11.8 Å². The molecule has 0 unspecified atom stereocenters. The van der Waals surface area contributed by atoms with Crippen LogP contribution in [0.4, 0.5) is 11.4 Å². The van der Waals surface area contributed by atoms with Crippen LogP contribution in [0.25, 0.3) is 0 Å². The Kier molecular flexibility index (Phi) is 7.04. The number of anilines is 2. The number of nitrogens with one attached hydrogen (secondary N) is 2. The monoisotopic (exact) mass is 457 g/mol. The van der Waals surface area contributed by atoms with Gasteiger partial charge in [-0.05, 0) is 48.9 Å². The third-order valence-corrected chi connectivity index (χ3v) is 5.36. The van der Waals surface area contributed by atoms with Crippen LogP contribution in [0.3, 0.4) is 0 Å². The van der Waals surface area contributed by atoms with Crippen molar-refractivity contribution < 1.29 is 14.4 Å². The second kappa shape index (κ2) is 9.69. The SMILES string of the molecule is CCCCN1C[C@H](C(=O)Nc2ccc(C(=O)Nc3cccc(Br)c3)cc2)CC1=O. The first kappa shape index (κ1) is 21.0. The van der Waals surface area contributed by atoms with Crippen LogP contribution >= 0.6 is 15.9 Å². The Morgan fingerprint density at radius 2 is 1.86 bits per heavy atom. The lowest BCUT2D eigenvalue weighted by atomic mass is 10.1. The lowest BCUT2D eigenvalue weighted by Crippen LogP contribution is -2.29. The van der Waals surface area contributed by atoms with Crippen molar-refractivity contribution in [2.45, 2.75) is 26.2 Å². The molecule has 0 spiro atoms. The van der Waals surface area contributed by atoms with Crippen LogP contribution in [0.15, 0.2) is 53.0 Å². The number of nitrogens with zero attached hydrogens (tertiary/aromatic N) is 1. The van der Waals surface area contributed by atoms with Gasteiger partial charge in [-0.3, -0.25) is 14.4 Å². The van der Waals surface area contributed by atoms with E-state index in [2.05, 4.69) is 33.5 Å². The molecule has 3 rings (SSSR count). The van der Waals surface area contributed by atoms with Crippen LogP contribution < -0.4 is 10.6 Å². The zero-order chi connectivity index (χ0) is 20.8. The van der Waals surface area contributed by atoms with E-state index in [1.807, 2.05) is 24.3 Å². The average Bonchev–Trinajstić information content (AvgIpc) is 3.07. The Morgan fingerprint density at radius 3 is 2.55 bits per heavy atom. The summed E-state index contributed by atoms with van der Waals surface area (Å²) in [6.45, 7) is 3.26. The van der Waals surface area contributed by atoms with Gasteiger partial charge in [-0.15, -0.1) is 0 Å². The highest BCUT2D eigenvalue weighted by Gasteiger charge is 2.33. The van der Waals surface area contributed by atoms with Gasteiger partial charge in [-0.1, -0.05) is 35.3 Å². The van der Waals surface area contributed by atoms with E-state index in [1.54, 1.807) is 29.2 Å². The average molecular weight is 458 g/mol. The maximum absolute atomic E-state index is 12.5. The molecule has 1 atom stereocenters. The molecule has 29 heavy (non-hydrogen) atoms. The minimum atomic E-state index is -0.334. The molecule has 0 aromatic heterocycles. The smallest absolute Gasteiger partial charge is 0.255 e. The number of hydrogen-bond acceptors (Lipinski definition) is 3. The van der Waals surface area contributed by atoms with Crippen molar-refractivity contribution in [2.75, 3.05) is 23.7 Å². The number of rotatable bonds is 7. The number of hydrogen-bond donors (Lipinski definition) is 2. The van der Waals surface area contributed by atoms with Gasteiger partial charge in [0, 0.05) is 40.9 Å². The van der Waals surface area contributed by atoms with Gasteiger partial charge in [-0.25, -0.2) is 0 Å². The maximum atomic E-state index is 12.5. The van der Waals surface area contributed by atoms with E-state index in [-0.39, 0.29) is 30.1 Å². The van der Waals surface area contributed by atoms with Gasteiger partial charge in [0.05, 0.1) is 5.92 Å². The van der Waals surface area contributed by atoms with Crippen LogP contribution in [0.1, 0.15) is 36.5 Å². The number of halogens is 1. The van der Waals surface area contributed by atoms with E-state index in [0.29, 0.717) is 30.0 Å². The largest absolute Gasteiger partial charge is 0.342 e. The van der Waals surface area contributed by atoms with E-state index < -0.39 is 0 Å². The zero-order valence-corrected chi connectivity index (χ0v) is 17.9. The minimum absolute atomic E-state index is 0.0400. The molecule has 152 valence electrons. The van der Waals surface area contributed by atoms with Gasteiger partial charge in [0.25, 0.3) is 5.91 Å². The normalized spacial score (nSPS) is 16.0. The number of benzene rings is 2. The van der Waals surface area contributed by atoms with Crippen LogP contribution in [0.5, 0.6) is 0 Å². The quantitative estimate of drug-likeness (QED) is 0.650. The molecule has 1 fully saturated rings. The molecule has 7 heteroatoms.